The molecule has 0 bridgehead atoms. The van der Waals surface area contributed by atoms with Crippen LogP contribution in [0.2, 0.25) is 0 Å². The Hall–Kier alpha value is -1.84. The highest BCUT2D eigenvalue weighted by atomic mass is 16.5. The van der Waals surface area contributed by atoms with Crippen molar-refractivity contribution in [1.82, 2.24) is 0 Å². The predicted molar refractivity (Wildman–Crippen MR) is 46.4 cm³/mol. The lowest BCUT2D eigenvalue weighted by molar-refractivity contribution is -0.120. The zero-order valence-corrected chi connectivity index (χ0v) is 7.11. The van der Waals surface area contributed by atoms with E-state index in [0.29, 0.717) is 23.3 Å². The monoisotopic (exact) mass is 179 g/mol. The summed E-state index contributed by atoms with van der Waals surface area (Å²) in [6.45, 7) is 1.98. The van der Waals surface area contributed by atoms with E-state index in [0.717, 1.165) is 0 Å². The zero-order chi connectivity index (χ0) is 9.84. The molecule has 4 heteroatoms. The lowest BCUT2D eigenvalue weighted by Crippen LogP contribution is -2.13. The number of benzene rings is 1. The summed E-state index contributed by atoms with van der Waals surface area (Å²) >= 11 is 0. The van der Waals surface area contributed by atoms with Gasteiger partial charge in [0.25, 0.3) is 6.47 Å². The highest BCUT2D eigenvalue weighted by Gasteiger charge is 2.08. The second-order valence-electron chi connectivity index (χ2n) is 2.51. The standard InChI is InChI=1S/C9H9NO3/c1-6-7(9(10)12)3-2-4-8(6)13-5-11/h2-5H,1H3,(H2,10,12). The summed E-state index contributed by atoms with van der Waals surface area (Å²) in [6, 6.07) is 4.78. The van der Waals surface area contributed by atoms with E-state index in [2.05, 4.69) is 4.74 Å². The van der Waals surface area contributed by atoms with Gasteiger partial charge in [-0.25, -0.2) is 0 Å². The topological polar surface area (TPSA) is 69.4 Å². The van der Waals surface area contributed by atoms with Crippen LogP contribution in [0.15, 0.2) is 18.2 Å². The van der Waals surface area contributed by atoms with E-state index < -0.39 is 5.91 Å². The smallest absolute Gasteiger partial charge is 0.298 e. The average molecular weight is 179 g/mol. The quantitative estimate of drug-likeness (QED) is 0.692. The van der Waals surface area contributed by atoms with Crippen molar-refractivity contribution in [2.24, 2.45) is 5.73 Å². The van der Waals surface area contributed by atoms with Crippen LogP contribution in [-0.2, 0) is 4.79 Å². The van der Waals surface area contributed by atoms with Gasteiger partial charge in [0, 0.05) is 11.1 Å². The number of carbonyl (C=O) groups excluding carboxylic acids is 2. The molecule has 0 radical (unpaired) electrons. The molecule has 0 aliphatic heterocycles. The van der Waals surface area contributed by atoms with Gasteiger partial charge >= 0.3 is 0 Å². The van der Waals surface area contributed by atoms with Gasteiger partial charge in [-0.2, -0.15) is 0 Å². The Morgan fingerprint density at radius 1 is 1.54 bits per heavy atom. The molecule has 0 saturated carbocycles. The molecule has 1 amide bonds. The van der Waals surface area contributed by atoms with E-state index in [1.165, 1.54) is 0 Å². The molecule has 0 spiro atoms. The number of hydrogen-bond donors (Lipinski definition) is 1. The molecule has 2 N–H and O–H groups in total. The molecule has 1 rings (SSSR count). The fourth-order valence-electron chi connectivity index (χ4n) is 1.06. The molecular weight excluding hydrogens is 170 g/mol. The second-order valence-corrected chi connectivity index (χ2v) is 2.51. The Morgan fingerprint density at radius 2 is 2.23 bits per heavy atom. The van der Waals surface area contributed by atoms with Crippen LogP contribution in [0.1, 0.15) is 15.9 Å². The van der Waals surface area contributed by atoms with Gasteiger partial charge in [-0.15, -0.1) is 0 Å². The molecular formula is C9H9NO3. The van der Waals surface area contributed by atoms with Crippen molar-refractivity contribution >= 4 is 12.4 Å². The third kappa shape index (κ3) is 1.84. The Morgan fingerprint density at radius 3 is 2.77 bits per heavy atom. The molecule has 0 saturated heterocycles. The number of amides is 1. The summed E-state index contributed by atoms with van der Waals surface area (Å²) in [5.41, 5.74) is 6.03. The van der Waals surface area contributed by atoms with Crippen LogP contribution in [-0.4, -0.2) is 12.4 Å². The Labute approximate surface area is 75.3 Å². The van der Waals surface area contributed by atoms with E-state index in [-0.39, 0.29) is 0 Å². The Balaban J connectivity index is 3.17. The lowest BCUT2D eigenvalue weighted by atomic mass is 10.1. The van der Waals surface area contributed by atoms with Crippen LogP contribution in [0, 0.1) is 6.92 Å². The molecule has 0 aromatic heterocycles. The zero-order valence-electron chi connectivity index (χ0n) is 7.11. The van der Waals surface area contributed by atoms with E-state index in [4.69, 9.17) is 5.73 Å². The molecule has 0 aliphatic rings. The minimum Gasteiger partial charge on any atom is -0.428 e. The van der Waals surface area contributed by atoms with Crippen LogP contribution in [0.4, 0.5) is 0 Å². The highest BCUT2D eigenvalue weighted by molar-refractivity contribution is 5.94. The SMILES string of the molecule is Cc1c(OC=O)cccc1C(N)=O. The number of ether oxygens (including phenoxy) is 1. The number of carbonyl (C=O) groups is 2. The summed E-state index contributed by atoms with van der Waals surface area (Å²) in [6.07, 6.45) is 0. The minimum atomic E-state index is -0.533. The van der Waals surface area contributed by atoms with Gasteiger partial charge in [-0.3, -0.25) is 9.59 Å². The van der Waals surface area contributed by atoms with Gasteiger partial charge in [-0.05, 0) is 19.1 Å². The normalized spacial score (nSPS) is 9.31. The first-order valence-electron chi connectivity index (χ1n) is 3.66. The van der Waals surface area contributed by atoms with Crippen LogP contribution in [0.5, 0.6) is 5.75 Å². The fourth-order valence-corrected chi connectivity index (χ4v) is 1.06. The summed E-state index contributed by atoms with van der Waals surface area (Å²) < 4.78 is 4.64. The van der Waals surface area contributed by atoms with E-state index in [9.17, 15) is 9.59 Å². The lowest BCUT2D eigenvalue weighted by Gasteiger charge is -2.05. The number of rotatable bonds is 3. The Kier molecular flexibility index (Phi) is 2.64. The van der Waals surface area contributed by atoms with E-state index in [1.54, 1.807) is 25.1 Å². The predicted octanol–water partition coefficient (Wildman–Crippen LogP) is 0.629. The van der Waals surface area contributed by atoms with Crippen LogP contribution in [0.25, 0.3) is 0 Å². The van der Waals surface area contributed by atoms with Crippen LogP contribution < -0.4 is 10.5 Å². The minimum absolute atomic E-state index is 0.313. The first kappa shape index (κ1) is 9.25. The first-order chi connectivity index (χ1) is 6.16. The van der Waals surface area contributed by atoms with Crippen molar-refractivity contribution in [2.45, 2.75) is 6.92 Å². The molecule has 68 valence electrons. The number of nitrogens with two attached hydrogens (primary N) is 1. The van der Waals surface area contributed by atoms with Gasteiger partial charge in [0.05, 0.1) is 0 Å². The Bertz CT molecular complexity index is 347. The maximum absolute atomic E-state index is 10.9. The summed E-state index contributed by atoms with van der Waals surface area (Å²) in [5, 5.41) is 0. The molecule has 0 aliphatic carbocycles. The summed E-state index contributed by atoms with van der Waals surface area (Å²) in [4.78, 5) is 20.9. The third-order valence-corrected chi connectivity index (χ3v) is 1.72. The molecule has 0 heterocycles. The van der Waals surface area contributed by atoms with Crippen molar-refractivity contribution in [2.75, 3.05) is 0 Å². The molecule has 1 aromatic rings. The summed E-state index contributed by atoms with van der Waals surface area (Å²) in [5.74, 6) is -0.180. The molecule has 0 atom stereocenters. The number of primary amides is 1. The van der Waals surface area contributed by atoms with Crippen LogP contribution >= 0.6 is 0 Å². The second kappa shape index (κ2) is 3.71. The van der Waals surface area contributed by atoms with E-state index >= 15 is 0 Å². The van der Waals surface area contributed by atoms with E-state index in [1.807, 2.05) is 0 Å². The molecule has 13 heavy (non-hydrogen) atoms. The fraction of sp³-hybridized carbons (Fsp3) is 0.111. The average Bonchev–Trinajstić information content (AvgIpc) is 2.08. The largest absolute Gasteiger partial charge is 0.428 e. The third-order valence-electron chi connectivity index (χ3n) is 1.72. The van der Waals surface area contributed by atoms with Crippen LogP contribution in [0.3, 0.4) is 0 Å². The maximum Gasteiger partial charge on any atom is 0.298 e. The maximum atomic E-state index is 10.9. The van der Waals surface area contributed by atoms with Crippen molar-refractivity contribution in [1.29, 1.82) is 0 Å². The van der Waals surface area contributed by atoms with Crippen molar-refractivity contribution in [3.63, 3.8) is 0 Å². The van der Waals surface area contributed by atoms with Gasteiger partial charge in [0.2, 0.25) is 5.91 Å². The van der Waals surface area contributed by atoms with Gasteiger partial charge in [-0.1, -0.05) is 6.07 Å². The van der Waals surface area contributed by atoms with Gasteiger partial charge < -0.3 is 10.5 Å². The van der Waals surface area contributed by atoms with Gasteiger partial charge in [0.1, 0.15) is 5.75 Å². The van der Waals surface area contributed by atoms with Crippen molar-refractivity contribution in [3.05, 3.63) is 29.3 Å². The van der Waals surface area contributed by atoms with Crippen molar-refractivity contribution in [3.8, 4) is 5.75 Å². The number of hydrogen-bond acceptors (Lipinski definition) is 3. The first-order valence-corrected chi connectivity index (χ1v) is 3.66. The highest BCUT2D eigenvalue weighted by Crippen LogP contribution is 2.20. The van der Waals surface area contributed by atoms with Crippen molar-refractivity contribution < 1.29 is 14.3 Å². The molecule has 0 unspecified atom stereocenters. The molecule has 0 fully saturated rings. The van der Waals surface area contributed by atoms with Gasteiger partial charge in [0.15, 0.2) is 0 Å². The molecule has 4 nitrogen and oxygen atoms in total. The molecule has 1 aromatic carbocycles. The summed E-state index contributed by atoms with van der Waals surface area (Å²) in [7, 11) is 0.